The predicted octanol–water partition coefficient (Wildman–Crippen LogP) is 2.13. The molecule has 1 aromatic carbocycles. The first-order valence-electron chi connectivity index (χ1n) is 5.86. The lowest BCUT2D eigenvalue weighted by molar-refractivity contribution is 0.131. The summed E-state index contributed by atoms with van der Waals surface area (Å²) in [6.07, 6.45) is 0.841. The van der Waals surface area contributed by atoms with Gasteiger partial charge in [-0.15, -0.1) is 0 Å². The van der Waals surface area contributed by atoms with Crippen LogP contribution in [0.4, 0.5) is 0 Å². The summed E-state index contributed by atoms with van der Waals surface area (Å²) in [5.41, 5.74) is 6.34. The molecule has 0 saturated carbocycles. The lowest BCUT2D eigenvalue weighted by atomic mass is 10.2. The van der Waals surface area contributed by atoms with Gasteiger partial charge in [0, 0.05) is 31.3 Å². The van der Waals surface area contributed by atoms with Gasteiger partial charge in [0.1, 0.15) is 16.5 Å². The van der Waals surface area contributed by atoms with Crippen LogP contribution in [-0.4, -0.2) is 31.9 Å². The van der Waals surface area contributed by atoms with Crippen molar-refractivity contribution in [2.75, 3.05) is 26.9 Å². The summed E-state index contributed by atoms with van der Waals surface area (Å²) in [6, 6.07) is 5.41. The van der Waals surface area contributed by atoms with Gasteiger partial charge in [0.25, 0.3) is 0 Å². The van der Waals surface area contributed by atoms with E-state index in [-0.39, 0.29) is 0 Å². The van der Waals surface area contributed by atoms with Crippen LogP contribution in [0.15, 0.2) is 18.2 Å². The molecular formula is C13H19NO3S. The Kier molecular flexibility index (Phi) is 6.46. The Hall–Kier alpha value is -1.33. The molecule has 0 aliphatic rings. The van der Waals surface area contributed by atoms with Crippen molar-refractivity contribution in [3.63, 3.8) is 0 Å². The lowest BCUT2D eigenvalue weighted by Crippen LogP contribution is -2.10. The van der Waals surface area contributed by atoms with Gasteiger partial charge < -0.3 is 19.9 Å². The van der Waals surface area contributed by atoms with Gasteiger partial charge in [-0.25, -0.2) is 0 Å². The summed E-state index contributed by atoms with van der Waals surface area (Å²) in [7, 11) is 1.59. The molecule has 0 aliphatic carbocycles. The van der Waals surface area contributed by atoms with Crippen molar-refractivity contribution in [1.82, 2.24) is 0 Å². The normalized spacial score (nSPS) is 10.1. The molecule has 0 aliphatic heterocycles. The van der Waals surface area contributed by atoms with Gasteiger partial charge in [-0.05, 0) is 19.1 Å². The second-order valence-corrected chi connectivity index (χ2v) is 4.10. The molecule has 0 bridgehead atoms. The van der Waals surface area contributed by atoms with E-state index in [1.807, 2.05) is 19.1 Å². The third-order valence-corrected chi connectivity index (χ3v) is 2.54. The summed E-state index contributed by atoms with van der Waals surface area (Å²) in [5.74, 6) is 1.38. The SMILES string of the molecule is CCOCCCOc1cc(OC)cc(C(N)=S)c1. The smallest absolute Gasteiger partial charge is 0.123 e. The Morgan fingerprint density at radius 3 is 2.56 bits per heavy atom. The van der Waals surface area contributed by atoms with Crippen LogP contribution >= 0.6 is 12.2 Å². The standard InChI is InChI=1S/C13H19NO3S/c1-3-16-5-4-6-17-12-8-10(13(14)18)7-11(9-12)15-2/h7-9H,3-6H2,1-2H3,(H2,14,18). The topological polar surface area (TPSA) is 53.7 Å². The fraction of sp³-hybridized carbons (Fsp3) is 0.462. The number of benzene rings is 1. The van der Waals surface area contributed by atoms with Crippen molar-refractivity contribution in [2.45, 2.75) is 13.3 Å². The zero-order chi connectivity index (χ0) is 13.4. The Bertz CT molecular complexity index is 396. The minimum atomic E-state index is 0.327. The lowest BCUT2D eigenvalue weighted by Gasteiger charge is -2.10. The molecule has 0 spiro atoms. The third kappa shape index (κ3) is 4.89. The first-order chi connectivity index (χ1) is 8.67. The van der Waals surface area contributed by atoms with E-state index in [1.165, 1.54) is 0 Å². The molecule has 0 fully saturated rings. The monoisotopic (exact) mass is 269 g/mol. The molecule has 4 nitrogen and oxygen atoms in total. The number of nitrogens with two attached hydrogens (primary N) is 1. The molecule has 0 atom stereocenters. The Labute approximate surface area is 113 Å². The molecule has 100 valence electrons. The second-order valence-electron chi connectivity index (χ2n) is 3.66. The highest BCUT2D eigenvalue weighted by Gasteiger charge is 2.04. The molecule has 0 unspecified atom stereocenters. The first-order valence-corrected chi connectivity index (χ1v) is 6.27. The number of thiocarbonyl (C=S) groups is 1. The molecule has 18 heavy (non-hydrogen) atoms. The van der Waals surface area contributed by atoms with E-state index >= 15 is 0 Å². The summed E-state index contributed by atoms with van der Waals surface area (Å²) < 4.78 is 16.0. The molecule has 1 rings (SSSR count). The van der Waals surface area contributed by atoms with Crippen LogP contribution in [0, 0.1) is 0 Å². The van der Waals surface area contributed by atoms with Gasteiger partial charge in [-0.3, -0.25) is 0 Å². The summed E-state index contributed by atoms with van der Waals surface area (Å²) in [4.78, 5) is 0.327. The zero-order valence-corrected chi connectivity index (χ0v) is 11.6. The fourth-order valence-corrected chi connectivity index (χ4v) is 1.53. The highest BCUT2D eigenvalue weighted by Crippen LogP contribution is 2.22. The largest absolute Gasteiger partial charge is 0.497 e. The summed E-state index contributed by atoms with van der Waals surface area (Å²) >= 11 is 4.95. The van der Waals surface area contributed by atoms with Gasteiger partial charge >= 0.3 is 0 Å². The van der Waals surface area contributed by atoms with Gasteiger partial charge in [-0.1, -0.05) is 12.2 Å². The van der Waals surface area contributed by atoms with Crippen molar-refractivity contribution in [1.29, 1.82) is 0 Å². The van der Waals surface area contributed by atoms with Gasteiger partial charge in [0.15, 0.2) is 0 Å². The van der Waals surface area contributed by atoms with Crippen molar-refractivity contribution in [3.05, 3.63) is 23.8 Å². The highest BCUT2D eigenvalue weighted by atomic mass is 32.1. The maximum absolute atomic E-state index is 5.61. The Morgan fingerprint density at radius 1 is 1.22 bits per heavy atom. The maximum Gasteiger partial charge on any atom is 0.123 e. The van der Waals surface area contributed by atoms with E-state index in [0.29, 0.717) is 29.7 Å². The molecule has 0 saturated heterocycles. The minimum absolute atomic E-state index is 0.327. The molecule has 2 N–H and O–H groups in total. The fourth-order valence-electron chi connectivity index (χ4n) is 1.41. The van der Waals surface area contributed by atoms with Crippen LogP contribution in [0.2, 0.25) is 0 Å². The zero-order valence-electron chi connectivity index (χ0n) is 10.8. The second kappa shape index (κ2) is 7.89. The summed E-state index contributed by atoms with van der Waals surface area (Å²) in [6.45, 7) is 3.98. The van der Waals surface area contributed by atoms with Gasteiger partial charge in [-0.2, -0.15) is 0 Å². The maximum atomic E-state index is 5.61. The van der Waals surface area contributed by atoms with Crippen LogP contribution in [0.5, 0.6) is 11.5 Å². The molecule has 0 amide bonds. The van der Waals surface area contributed by atoms with Crippen molar-refractivity contribution >= 4 is 17.2 Å². The van der Waals surface area contributed by atoms with Crippen molar-refractivity contribution < 1.29 is 14.2 Å². The molecule has 5 heteroatoms. The van der Waals surface area contributed by atoms with E-state index in [4.69, 9.17) is 32.2 Å². The number of hydrogen-bond donors (Lipinski definition) is 1. The van der Waals surface area contributed by atoms with Gasteiger partial charge in [0.05, 0.1) is 13.7 Å². The highest BCUT2D eigenvalue weighted by molar-refractivity contribution is 7.80. The van der Waals surface area contributed by atoms with E-state index in [1.54, 1.807) is 13.2 Å². The number of hydrogen-bond acceptors (Lipinski definition) is 4. The average Bonchev–Trinajstić information content (AvgIpc) is 2.38. The van der Waals surface area contributed by atoms with Crippen molar-refractivity contribution in [3.8, 4) is 11.5 Å². The van der Waals surface area contributed by atoms with Crippen LogP contribution in [0.1, 0.15) is 18.9 Å². The van der Waals surface area contributed by atoms with Crippen molar-refractivity contribution in [2.24, 2.45) is 5.73 Å². The van der Waals surface area contributed by atoms with E-state index in [2.05, 4.69) is 0 Å². The van der Waals surface area contributed by atoms with E-state index in [9.17, 15) is 0 Å². The predicted molar refractivity (Wildman–Crippen MR) is 75.5 cm³/mol. The first kappa shape index (κ1) is 14.7. The van der Waals surface area contributed by atoms with Crippen LogP contribution in [-0.2, 0) is 4.74 Å². The molecular weight excluding hydrogens is 250 g/mol. The molecule has 0 radical (unpaired) electrons. The van der Waals surface area contributed by atoms with E-state index in [0.717, 1.165) is 18.6 Å². The van der Waals surface area contributed by atoms with Crippen LogP contribution in [0.25, 0.3) is 0 Å². The average molecular weight is 269 g/mol. The molecule has 0 heterocycles. The Balaban J connectivity index is 2.58. The number of ether oxygens (including phenoxy) is 3. The van der Waals surface area contributed by atoms with Crippen LogP contribution in [0.3, 0.4) is 0 Å². The third-order valence-electron chi connectivity index (χ3n) is 2.31. The minimum Gasteiger partial charge on any atom is -0.497 e. The number of rotatable bonds is 8. The van der Waals surface area contributed by atoms with Gasteiger partial charge in [0.2, 0.25) is 0 Å². The summed E-state index contributed by atoms with van der Waals surface area (Å²) in [5, 5.41) is 0. The molecule has 1 aromatic rings. The quantitative estimate of drug-likeness (QED) is 0.579. The Morgan fingerprint density at radius 2 is 1.94 bits per heavy atom. The molecule has 0 aromatic heterocycles. The van der Waals surface area contributed by atoms with E-state index < -0.39 is 0 Å². The number of methoxy groups -OCH3 is 1. The van der Waals surface area contributed by atoms with Crippen LogP contribution < -0.4 is 15.2 Å².